The molecule has 1 aromatic heterocycles. The Morgan fingerprint density at radius 1 is 1.27 bits per heavy atom. The Labute approximate surface area is 154 Å². The minimum Gasteiger partial charge on any atom is -0.481 e. The van der Waals surface area contributed by atoms with E-state index in [2.05, 4.69) is 22.1 Å². The fourth-order valence-corrected chi connectivity index (χ4v) is 3.91. The molecule has 0 radical (unpaired) electrons. The molecule has 0 spiro atoms. The molecule has 26 heavy (non-hydrogen) atoms. The van der Waals surface area contributed by atoms with Crippen molar-refractivity contribution < 1.29 is 15.0 Å². The van der Waals surface area contributed by atoms with E-state index >= 15 is 0 Å². The molecule has 2 aromatic rings. The van der Waals surface area contributed by atoms with Crippen LogP contribution in [-0.2, 0) is 17.9 Å². The summed E-state index contributed by atoms with van der Waals surface area (Å²) >= 11 is 0. The van der Waals surface area contributed by atoms with Gasteiger partial charge in [0, 0.05) is 31.4 Å². The minimum absolute atomic E-state index is 0.376. The maximum Gasteiger partial charge on any atom is 0.313 e. The molecule has 2 N–H and O–H groups in total. The molecule has 6 heteroatoms. The molecule has 1 saturated heterocycles. The summed E-state index contributed by atoms with van der Waals surface area (Å²) in [6, 6.07) is 10.2. The highest BCUT2D eigenvalue weighted by molar-refractivity contribution is 5.76. The Kier molecular flexibility index (Phi) is 5.74. The highest BCUT2D eigenvalue weighted by Crippen LogP contribution is 2.36. The highest BCUT2D eigenvalue weighted by atomic mass is 16.4. The lowest BCUT2D eigenvalue weighted by molar-refractivity contribution is -0.164. The molecule has 0 unspecified atom stereocenters. The van der Waals surface area contributed by atoms with Gasteiger partial charge in [0.1, 0.15) is 5.41 Å². The Morgan fingerprint density at radius 2 is 2.04 bits per heavy atom. The molecule has 140 valence electrons. The lowest BCUT2D eigenvalue weighted by Crippen LogP contribution is -2.55. The Hall–Kier alpha value is -2.18. The molecule has 0 bridgehead atoms. The van der Waals surface area contributed by atoms with Crippen molar-refractivity contribution in [3.8, 4) is 0 Å². The molecule has 1 aromatic carbocycles. The zero-order valence-electron chi connectivity index (χ0n) is 15.2. The summed E-state index contributed by atoms with van der Waals surface area (Å²) in [4.78, 5) is 14.0. The lowest BCUT2D eigenvalue weighted by Gasteiger charge is -2.43. The van der Waals surface area contributed by atoms with Gasteiger partial charge in [-0.1, -0.05) is 43.7 Å². The number of aromatic nitrogens is 2. The number of aliphatic carboxylic acids is 1. The first kappa shape index (κ1) is 18.6. The molecule has 1 aliphatic rings. The van der Waals surface area contributed by atoms with Gasteiger partial charge in [0.05, 0.1) is 18.8 Å². The van der Waals surface area contributed by atoms with E-state index in [1.54, 1.807) is 0 Å². The number of aliphatic hydroxyl groups is 1. The van der Waals surface area contributed by atoms with Crippen LogP contribution in [0, 0.1) is 5.41 Å². The number of likely N-dealkylation sites (tertiary alicyclic amines) is 1. The third-order valence-corrected chi connectivity index (χ3v) is 5.26. The topological polar surface area (TPSA) is 78.6 Å². The second-order valence-electron chi connectivity index (χ2n) is 7.26. The number of rotatable bonds is 7. The summed E-state index contributed by atoms with van der Waals surface area (Å²) in [5, 5.41) is 24.5. The van der Waals surface area contributed by atoms with Crippen LogP contribution in [0.15, 0.2) is 42.7 Å². The second-order valence-corrected chi connectivity index (χ2v) is 7.26. The zero-order valence-corrected chi connectivity index (χ0v) is 15.2. The van der Waals surface area contributed by atoms with Crippen molar-refractivity contribution in [2.75, 3.05) is 13.1 Å². The van der Waals surface area contributed by atoms with Gasteiger partial charge in [-0.2, -0.15) is 5.10 Å². The fraction of sp³-hybridized carbons (Fsp3) is 0.500. The minimum atomic E-state index is -1.06. The van der Waals surface area contributed by atoms with Gasteiger partial charge in [-0.3, -0.25) is 14.4 Å². The van der Waals surface area contributed by atoms with Gasteiger partial charge in [0.15, 0.2) is 0 Å². The predicted molar refractivity (Wildman–Crippen MR) is 98.6 cm³/mol. The number of carbonyl (C=O) groups is 1. The van der Waals surface area contributed by atoms with Crippen molar-refractivity contribution in [2.45, 2.75) is 45.4 Å². The van der Waals surface area contributed by atoms with Gasteiger partial charge in [0.25, 0.3) is 0 Å². The van der Waals surface area contributed by atoms with Crippen LogP contribution >= 0.6 is 0 Å². The molecule has 1 aliphatic heterocycles. The van der Waals surface area contributed by atoms with Crippen molar-refractivity contribution >= 4 is 5.97 Å². The third kappa shape index (κ3) is 3.97. The van der Waals surface area contributed by atoms with Crippen LogP contribution in [0.25, 0.3) is 0 Å². The Balaban J connectivity index is 1.66. The number of piperidine rings is 1. The number of carboxylic acid groups (broad SMARTS) is 1. The average Bonchev–Trinajstić information content (AvgIpc) is 3.05. The maximum absolute atomic E-state index is 11.9. The Morgan fingerprint density at radius 3 is 2.73 bits per heavy atom. The summed E-state index contributed by atoms with van der Waals surface area (Å²) < 4.78 is 1.90. The smallest absolute Gasteiger partial charge is 0.313 e. The summed E-state index contributed by atoms with van der Waals surface area (Å²) in [6.07, 6.45) is 4.80. The van der Waals surface area contributed by atoms with E-state index in [0.29, 0.717) is 39.0 Å². The third-order valence-electron chi connectivity index (χ3n) is 5.26. The van der Waals surface area contributed by atoms with Crippen LogP contribution in [-0.4, -0.2) is 50.1 Å². The SMILES string of the molecule is CCC[C@@]1(C(=O)O)CN(Cc2cnn(Cc3ccccc3)c2)CC[C@H]1O. The van der Waals surface area contributed by atoms with Crippen LogP contribution in [0.3, 0.4) is 0 Å². The monoisotopic (exact) mass is 357 g/mol. The van der Waals surface area contributed by atoms with E-state index < -0.39 is 17.5 Å². The number of hydrogen-bond acceptors (Lipinski definition) is 4. The molecule has 0 aliphatic carbocycles. The normalized spacial score (nSPS) is 23.8. The summed E-state index contributed by atoms with van der Waals surface area (Å²) in [5.41, 5.74) is 1.19. The molecule has 2 heterocycles. The van der Waals surface area contributed by atoms with Crippen LogP contribution in [0.1, 0.15) is 37.3 Å². The van der Waals surface area contributed by atoms with Crippen molar-refractivity contribution in [2.24, 2.45) is 5.41 Å². The van der Waals surface area contributed by atoms with E-state index in [9.17, 15) is 15.0 Å². The van der Waals surface area contributed by atoms with Crippen LogP contribution < -0.4 is 0 Å². The molecule has 0 saturated carbocycles. The first-order valence-corrected chi connectivity index (χ1v) is 9.22. The van der Waals surface area contributed by atoms with Crippen LogP contribution in [0.4, 0.5) is 0 Å². The van der Waals surface area contributed by atoms with E-state index in [0.717, 1.165) is 12.0 Å². The van der Waals surface area contributed by atoms with Crippen molar-refractivity contribution in [1.29, 1.82) is 0 Å². The first-order valence-electron chi connectivity index (χ1n) is 9.22. The standard InChI is InChI=1S/C20H27N3O3/c1-2-9-20(19(25)26)15-22(10-8-18(20)24)12-17-11-21-23(14-17)13-16-6-4-3-5-7-16/h3-7,11,14,18,24H,2,8-10,12-13,15H2,1H3,(H,25,26)/t18-,20-/m1/s1. The molecular weight excluding hydrogens is 330 g/mol. The maximum atomic E-state index is 11.9. The van der Waals surface area contributed by atoms with Gasteiger partial charge in [0.2, 0.25) is 0 Å². The molecule has 3 rings (SSSR count). The molecule has 2 atom stereocenters. The lowest BCUT2D eigenvalue weighted by atomic mass is 9.74. The van der Waals surface area contributed by atoms with Crippen LogP contribution in [0.2, 0.25) is 0 Å². The van der Waals surface area contributed by atoms with Crippen molar-refractivity contribution in [3.05, 3.63) is 53.9 Å². The number of aliphatic hydroxyl groups excluding tert-OH is 1. The van der Waals surface area contributed by atoms with Gasteiger partial charge in [-0.15, -0.1) is 0 Å². The van der Waals surface area contributed by atoms with E-state index in [1.165, 1.54) is 5.56 Å². The largest absolute Gasteiger partial charge is 0.481 e. The summed E-state index contributed by atoms with van der Waals surface area (Å²) in [6.45, 7) is 4.41. The predicted octanol–water partition coefficient (Wildman–Crippen LogP) is 2.37. The Bertz CT molecular complexity index is 731. The molecule has 1 fully saturated rings. The average molecular weight is 357 g/mol. The fourth-order valence-electron chi connectivity index (χ4n) is 3.91. The summed E-state index contributed by atoms with van der Waals surface area (Å²) in [7, 11) is 0. The number of carboxylic acids is 1. The highest BCUT2D eigenvalue weighted by Gasteiger charge is 2.48. The zero-order chi connectivity index (χ0) is 18.6. The van der Waals surface area contributed by atoms with Gasteiger partial charge >= 0.3 is 5.97 Å². The van der Waals surface area contributed by atoms with Gasteiger partial charge in [-0.25, -0.2) is 0 Å². The number of hydrogen-bond donors (Lipinski definition) is 2. The van der Waals surface area contributed by atoms with E-state index in [-0.39, 0.29) is 0 Å². The van der Waals surface area contributed by atoms with Crippen molar-refractivity contribution in [1.82, 2.24) is 14.7 Å². The molecule has 0 amide bonds. The van der Waals surface area contributed by atoms with Crippen molar-refractivity contribution in [3.63, 3.8) is 0 Å². The van der Waals surface area contributed by atoms with E-state index in [4.69, 9.17) is 0 Å². The summed E-state index contributed by atoms with van der Waals surface area (Å²) in [5.74, 6) is -0.892. The van der Waals surface area contributed by atoms with Gasteiger partial charge in [-0.05, 0) is 18.4 Å². The number of nitrogens with zero attached hydrogens (tertiary/aromatic N) is 3. The molecular formula is C20H27N3O3. The second kappa shape index (κ2) is 8.01. The van der Waals surface area contributed by atoms with Gasteiger partial charge < -0.3 is 10.2 Å². The van der Waals surface area contributed by atoms with E-state index in [1.807, 2.05) is 42.2 Å². The first-order chi connectivity index (χ1) is 12.5. The number of benzene rings is 1. The molecule has 6 nitrogen and oxygen atoms in total. The van der Waals surface area contributed by atoms with Crippen LogP contribution in [0.5, 0.6) is 0 Å². The quantitative estimate of drug-likeness (QED) is 0.795.